The number of benzene rings is 1. The van der Waals surface area contributed by atoms with E-state index in [0.29, 0.717) is 30.3 Å². The van der Waals surface area contributed by atoms with E-state index in [4.69, 9.17) is 4.42 Å². The molecule has 2 aromatic heterocycles. The number of aromatic nitrogens is 1. The molecule has 1 fully saturated rings. The summed E-state index contributed by atoms with van der Waals surface area (Å²) in [4.78, 5) is 29.3. The van der Waals surface area contributed by atoms with E-state index in [2.05, 4.69) is 12.2 Å². The van der Waals surface area contributed by atoms with Crippen LogP contribution < -0.4 is 5.32 Å². The number of furan rings is 1. The third kappa shape index (κ3) is 3.42. The maximum absolute atomic E-state index is 13.8. The number of nitrogens with one attached hydrogen (secondary N) is 1. The number of amides is 2. The van der Waals surface area contributed by atoms with Gasteiger partial charge in [0.15, 0.2) is 5.58 Å². The minimum atomic E-state index is -1.00. The van der Waals surface area contributed by atoms with Gasteiger partial charge in [0, 0.05) is 24.7 Å². The molecule has 1 N–H and O–H groups in total. The monoisotopic (exact) mass is 433 g/mol. The van der Waals surface area contributed by atoms with Crippen molar-refractivity contribution >= 4 is 22.9 Å². The fourth-order valence-electron chi connectivity index (χ4n) is 5.25. The van der Waals surface area contributed by atoms with Gasteiger partial charge in [0.2, 0.25) is 5.91 Å². The van der Waals surface area contributed by atoms with E-state index in [-0.39, 0.29) is 17.9 Å². The van der Waals surface area contributed by atoms with Gasteiger partial charge in [-0.1, -0.05) is 49.6 Å². The van der Waals surface area contributed by atoms with Crippen molar-refractivity contribution in [1.82, 2.24) is 14.8 Å². The molecule has 1 aliphatic carbocycles. The third-order valence-corrected chi connectivity index (χ3v) is 7.43. The Labute approximate surface area is 188 Å². The van der Waals surface area contributed by atoms with Crippen molar-refractivity contribution in [3.63, 3.8) is 0 Å². The Morgan fingerprint density at radius 3 is 2.69 bits per heavy atom. The largest absolute Gasteiger partial charge is 0.463 e. The van der Waals surface area contributed by atoms with Crippen molar-refractivity contribution in [2.45, 2.75) is 71.1 Å². The van der Waals surface area contributed by atoms with Crippen molar-refractivity contribution < 1.29 is 14.0 Å². The fraction of sp³-hybridized carbons (Fsp3) is 0.462. The topological polar surface area (TPSA) is 67.5 Å². The first kappa shape index (κ1) is 20.9. The van der Waals surface area contributed by atoms with Crippen LogP contribution in [-0.4, -0.2) is 32.9 Å². The molecule has 0 spiro atoms. The lowest BCUT2D eigenvalue weighted by atomic mass is 9.85. The van der Waals surface area contributed by atoms with E-state index in [1.54, 1.807) is 17.2 Å². The molecule has 1 aromatic carbocycles. The van der Waals surface area contributed by atoms with E-state index in [0.717, 1.165) is 30.3 Å². The van der Waals surface area contributed by atoms with E-state index in [9.17, 15) is 9.59 Å². The quantitative estimate of drug-likeness (QED) is 0.651. The molecule has 0 saturated heterocycles. The Bertz CT molecular complexity index is 1160. The highest BCUT2D eigenvalue weighted by molar-refractivity contribution is 6.02. The number of nitrogens with zero attached hydrogens (tertiary/aromatic N) is 2. The van der Waals surface area contributed by atoms with E-state index in [1.165, 1.54) is 12.0 Å². The van der Waals surface area contributed by atoms with Gasteiger partial charge in [0.25, 0.3) is 5.91 Å². The zero-order valence-electron chi connectivity index (χ0n) is 19.1. The smallest absolute Gasteiger partial charge is 0.271 e. The van der Waals surface area contributed by atoms with Crippen molar-refractivity contribution in [3.05, 3.63) is 59.5 Å². The summed E-state index contributed by atoms with van der Waals surface area (Å²) in [6, 6.07) is 12.0. The molecule has 0 bridgehead atoms. The van der Waals surface area contributed by atoms with Crippen LogP contribution in [0.25, 0.3) is 11.1 Å². The molecule has 3 heterocycles. The van der Waals surface area contributed by atoms with Gasteiger partial charge >= 0.3 is 0 Å². The maximum atomic E-state index is 13.8. The predicted octanol–water partition coefficient (Wildman–Crippen LogP) is 4.65. The summed E-state index contributed by atoms with van der Waals surface area (Å²) in [5.74, 6) is 0.231. The number of hydrogen-bond donors (Lipinski definition) is 1. The molecule has 1 saturated carbocycles. The summed E-state index contributed by atoms with van der Waals surface area (Å²) in [5.41, 5.74) is 3.28. The van der Waals surface area contributed by atoms with Crippen molar-refractivity contribution in [1.29, 1.82) is 0 Å². The molecule has 0 radical (unpaired) electrons. The lowest BCUT2D eigenvalue weighted by Crippen LogP contribution is -2.65. The van der Waals surface area contributed by atoms with Gasteiger partial charge in [-0.2, -0.15) is 0 Å². The van der Waals surface area contributed by atoms with Gasteiger partial charge in [-0.05, 0) is 38.2 Å². The lowest BCUT2D eigenvalue weighted by molar-refractivity contribution is -0.134. The zero-order valence-corrected chi connectivity index (χ0v) is 19.1. The number of carbonyl (C=O) groups is 2. The molecule has 2 aliphatic rings. The van der Waals surface area contributed by atoms with Gasteiger partial charge in [-0.15, -0.1) is 0 Å². The Morgan fingerprint density at radius 2 is 1.94 bits per heavy atom. The van der Waals surface area contributed by atoms with Crippen LogP contribution in [0.2, 0.25) is 0 Å². The number of fused-ring (bicyclic) bond motifs is 3. The predicted molar refractivity (Wildman–Crippen MR) is 123 cm³/mol. The van der Waals surface area contributed by atoms with Crippen molar-refractivity contribution in [2.75, 3.05) is 0 Å². The molecule has 168 valence electrons. The molecule has 1 aliphatic heterocycles. The van der Waals surface area contributed by atoms with Gasteiger partial charge < -0.3 is 19.2 Å². The van der Waals surface area contributed by atoms with Crippen LogP contribution in [0.1, 0.15) is 61.1 Å². The second-order valence-electron chi connectivity index (χ2n) is 9.78. The molecule has 3 atom stereocenters. The van der Waals surface area contributed by atoms with Crippen LogP contribution in [0, 0.1) is 12.8 Å². The second kappa shape index (κ2) is 7.84. The minimum Gasteiger partial charge on any atom is -0.463 e. The highest BCUT2D eigenvalue weighted by Gasteiger charge is 2.48. The first-order chi connectivity index (χ1) is 15.4. The lowest BCUT2D eigenvalue weighted by Gasteiger charge is -2.45. The Hall–Kier alpha value is -3.02. The molecule has 5 rings (SSSR count). The summed E-state index contributed by atoms with van der Waals surface area (Å²) in [5, 5.41) is 3.32. The number of rotatable bonds is 4. The number of carbonyl (C=O) groups excluding carboxylic acids is 2. The van der Waals surface area contributed by atoms with Gasteiger partial charge in [-0.25, -0.2) is 0 Å². The molecule has 6 nitrogen and oxygen atoms in total. The molecule has 6 heteroatoms. The number of aryl methyl sites for hydroxylation is 1. The molecule has 0 unspecified atom stereocenters. The second-order valence-corrected chi connectivity index (χ2v) is 9.78. The fourth-order valence-corrected chi connectivity index (χ4v) is 5.25. The molecular weight excluding hydrogens is 402 g/mol. The highest BCUT2D eigenvalue weighted by atomic mass is 16.3. The van der Waals surface area contributed by atoms with Gasteiger partial charge in [0.1, 0.15) is 11.2 Å². The van der Waals surface area contributed by atoms with Crippen LogP contribution in [-0.2, 0) is 17.9 Å². The zero-order chi connectivity index (χ0) is 22.5. The Balaban J connectivity index is 1.52. The van der Waals surface area contributed by atoms with E-state index >= 15 is 0 Å². The summed E-state index contributed by atoms with van der Waals surface area (Å²) >= 11 is 0. The Kier molecular flexibility index (Phi) is 5.11. The first-order valence-corrected chi connectivity index (χ1v) is 11.6. The summed E-state index contributed by atoms with van der Waals surface area (Å²) in [6.45, 7) is 6.94. The van der Waals surface area contributed by atoms with Crippen LogP contribution in [0.4, 0.5) is 0 Å². The van der Waals surface area contributed by atoms with Crippen LogP contribution in [0.3, 0.4) is 0 Å². The van der Waals surface area contributed by atoms with Gasteiger partial charge in [0.05, 0.1) is 18.3 Å². The SMILES string of the molecule is Cc1ccc(CN2C(=O)c3cc4occc4n3C[C@]2(C)C(=O)N[C@@H]2CCCC[C@H]2C)cc1. The van der Waals surface area contributed by atoms with Crippen molar-refractivity contribution in [2.24, 2.45) is 5.92 Å². The molecular formula is C26H31N3O3. The summed E-state index contributed by atoms with van der Waals surface area (Å²) in [6.07, 6.45) is 6.10. The summed E-state index contributed by atoms with van der Waals surface area (Å²) < 4.78 is 7.50. The highest BCUT2D eigenvalue weighted by Crippen LogP contribution is 2.34. The van der Waals surface area contributed by atoms with Crippen LogP contribution in [0.5, 0.6) is 0 Å². The van der Waals surface area contributed by atoms with Gasteiger partial charge in [-0.3, -0.25) is 9.59 Å². The summed E-state index contributed by atoms with van der Waals surface area (Å²) in [7, 11) is 0. The Morgan fingerprint density at radius 1 is 1.19 bits per heavy atom. The molecule has 3 aromatic rings. The average Bonchev–Trinajstić information content (AvgIpc) is 3.36. The number of hydrogen-bond acceptors (Lipinski definition) is 3. The van der Waals surface area contributed by atoms with Crippen LogP contribution >= 0.6 is 0 Å². The van der Waals surface area contributed by atoms with Crippen molar-refractivity contribution in [3.8, 4) is 0 Å². The normalized spacial score (nSPS) is 25.7. The first-order valence-electron chi connectivity index (χ1n) is 11.6. The van der Waals surface area contributed by atoms with E-state index in [1.807, 2.05) is 48.7 Å². The average molecular weight is 434 g/mol. The van der Waals surface area contributed by atoms with Crippen LogP contribution in [0.15, 0.2) is 47.1 Å². The minimum absolute atomic E-state index is 0.0762. The molecule has 32 heavy (non-hydrogen) atoms. The standard InChI is InChI=1S/C26H31N3O3/c1-17-8-10-19(11-9-17)15-29-24(30)22-14-23-21(12-13-32-23)28(22)16-26(29,3)25(31)27-20-7-5-4-6-18(20)2/h8-14,18,20H,4-7,15-16H2,1-3H3,(H,27,31)/t18-,20-,26-/m1/s1. The van der Waals surface area contributed by atoms with E-state index < -0.39 is 5.54 Å². The third-order valence-electron chi connectivity index (χ3n) is 7.43. The maximum Gasteiger partial charge on any atom is 0.271 e. The molecule has 2 amide bonds.